The first-order chi connectivity index (χ1) is 6.11. The fourth-order valence-electron chi connectivity index (χ4n) is 1.78. The van der Waals surface area contributed by atoms with Crippen molar-refractivity contribution in [2.75, 3.05) is 0 Å². The van der Waals surface area contributed by atoms with Gasteiger partial charge in [0.1, 0.15) is 0 Å². The summed E-state index contributed by atoms with van der Waals surface area (Å²) in [5, 5.41) is 1.76. The van der Waals surface area contributed by atoms with Crippen LogP contribution in [0.3, 0.4) is 0 Å². The molecule has 1 aliphatic heterocycles. The van der Waals surface area contributed by atoms with Gasteiger partial charge in [-0.05, 0) is 6.92 Å². The largest absolute Gasteiger partial charge is 0.378 e. The van der Waals surface area contributed by atoms with Crippen molar-refractivity contribution in [1.82, 2.24) is 0 Å². The Labute approximate surface area is 75.1 Å². The van der Waals surface area contributed by atoms with Gasteiger partial charge in [-0.2, -0.15) is 8.42 Å². The minimum atomic E-state index is -3.46. The highest BCUT2D eigenvalue weighted by molar-refractivity contribution is 7.96. The first-order valence-corrected chi connectivity index (χ1v) is 5.31. The number of hydrogen-bond acceptors (Lipinski definition) is 3. The molecule has 0 fully saturated rings. The summed E-state index contributed by atoms with van der Waals surface area (Å²) in [6, 6.07) is 5.64. The lowest BCUT2D eigenvalue weighted by molar-refractivity contribution is 0.464. The molecule has 0 aromatic heterocycles. The highest BCUT2D eigenvalue weighted by Gasteiger charge is 2.33. The van der Waals surface area contributed by atoms with Gasteiger partial charge >= 0.3 is 10.1 Å². The average Bonchev–Trinajstić information content (AvgIpc) is 2.11. The van der Waals surface area contributed by atoms with Gasteiger partial charge < -0.3 is 4.18 Å². The summed E-state index contributed by atoms with van der Waals surface area (Å²) < 4.78 is 27.5. The van der Waals surface area contributed by atoms with E-state index < -0.39 is 10.1 Å². The van der Waals surface area contributed by atoms with Gasteiger partial charge in [-0.3, -0.25) is 0 Å². The number of rotatable bonds is 0. The molecule has 13 heavy (non-hydrogen) atoms. The molecule has 3 nitrogen and oxygen atoms in total. The predicted molar refractivity (Wildman–Crippen MR) is 47.3 cm³/mol. The number of hydrogen-bond donors (Lipinski definition) is 0. The summed E-state index contributed by atoms with van der Waals surface area (Å²) >= 11 is 0. The quantitative estimate of drug-likeness (QED) is 0.530. The van der Waals surface area contributed by atoms with Crippen molar-refractivity contribution < 1.29 is 12.6 Å². The molecule has 0 unspecified atom stereocenters. The second-order valence-electron chi connectivity index (χ2n) is 3.15. The van der Waals surface area contributed by atoms with Crippen LogP contribution in [0.1, 0.15) is 12.5 Å². The zero-order chi connectivity index (χ0) is 9.22. The molecule has 0 spiro atoms. The molecule has 1 heterocycles. The summed E-state index contributed by atoms with van der Waals surface area (Å²) in [5.74, 6) is 0.517. The minimum Gasteiger partial charge on any atom is -0.378 e. The zero-order valence-corrected chi connectivity index (χ0v) is 7.68. The third kappa shape index (κ3) is 0.637. The van der Waals surface area contributed by atoms with Gasteiger partial charge in [0.05, 0.1) is 4.91 Å². The molecule has 4 bridgehead atoms. The van der Waals surface area contributed by atoms with Crippen molar-refractivity contribution in [1.29, 1.82) is 0 Å². The monoisotopic (exact) mass is 194 g/mol. The maximum absolute atomic E-state index is 11.3. The molecule has 0 atom stereocenters. The minimum absolute atomic E-state index is 0.327. The van der Waals surface area contributed by atoms with Crippen molar-refractivity contribution in [2.45, 2.75) is 6.92 Å². The Hall–Kier alpha value is -1.29. The van der Waals surface area contributed by atoms with E-state index in [4.69, 9.17) is 4.18 Å². The van der Waals surface area contributed by atoms with Gasteiger partial charge in [0, 0.05) is 16.0 Å². The Morgan fingerprint density at radius 2 is 2.08 bits per heavy atom. The SMILES string of the molecule is CC1=C2c3cccc2c3OS1(=O)=O. The van der Waals surface area contributed by atoms with Crippen LogP contribution in [0.25, 0.3) is 10.7 Å². The van der Waals surface area contributed by atoms with E-state index in [1.165, 1.54) is 0 Å². The highest BCUT2D eigenvalue weighted by Crippen LogP contribution is 2.26. The topological polar surface area (TPSA) is 43.4 Å². The normalized spacial score (nSPS) is 20.7. The Morgan fingerprint density at radius 3 is 2.62 bits per heavy atom. The molecule has 3 rings (SSSR count). The van der Waals surface area contributed by atoms with Crippen molar-refractivity contribution in [3.8, 4) is 0 Å². The van der Waals surface area contributed by atoms with Gasteiger partial charge in [-0.25, -0.2) is 0 Å². The lowest BCUT2D eigenvalue weighted by Crippen LogP contribution is -2.47. The second-order valence-corrected chi connectivity index (χ2v) is 4.84. The molecule has 1 aliphatic carbocycles. The molecule has 1 aromatic rings. The first-order valence-electron chi connectivity index (χ1n) is 3.90. The molecule has 0 N–H and O–H groups in total. The smallest absolute Gasteiger partial charge is 0.335 e. The molecular formula is C9H6O3S. The molecule has 2 aliphatic rings. The fraction of sp³-hybridized carbons (Fsp3) is 0.111. The predicted octanol–water partition coefficient (Wildman–Crippen LogP) is -0.355. The van der Waals surface area contributed by atoms with Gasteiger partial charge in [-0.1, -0.05) is 18.2 Å². The van der Waals surface area contributed by atoms with E-state index in [0.29, 0.717) is 10.7 Å². The molecular weight excluding hydrogens is 188 g/mol. The van der Waals surface area contributed by atoms with Crippen molar-refractivity contribution in [2.24, 2.45) is 0 Å². The van der Waals surface area contributed by atoms with Crippen molar-refractivity contribution in [3.05, 3.63) is 34.2 Å². The van der Waals surface area contributed by atoms with Crippen LogP contribution < -0.4 is 10.4 Å². The maximum atomic E-state index is 11.3. The third-order valence-electron chi connectivity index (χ3n) is 2.47. The van der Waals surface area contributed by atoms with Crippen LogP contribution in [0.15, 0.2) is 18.2 Å². The van der Waals surface area contributed by atoms with Crippen LogP contribution >= 0.6 is 0 Å². The molecule has 66 valence electrons. The number of benzene rings is 1. The Balaban J connectivity index is 2.66. The van der Waals surface area contributed by atoms with Crippen LogP contribution in [0.5, 0.6) is 0 Å². The molecule has 1 aromatic carbocycles. The van der Waals surface area contributed by atoms with E-state index in [2.05, 4.69) is 0 Å². The lowest BCUT2D eigenvalue weighted by atomic mass is 9.97. The zero-order valence-electron chi connectivity index (χ0n) is 6.87. The van der Waals surface area contributed by atoms with Crippen LogP contribution in [0.2, 0.25) is 0 Å². The van der Waals surface area contributed by atoms with E-state index in [0.717, 1.165) is 16.0 Å². The van der Waals surface area contributed by atoms with Crippen LogP contribution in [0, 0.1) is 0 Å². The second kappa shape index (κ2) is 1.80. The Bertz CT molecular complexity index is 638. The molecule has 0 saturated heterocycles. The summed E-state index contributed by atoms with van der Waals surface area (Å²) in [6.07, 6.45) is 0. The van der Waals surface area contributed by atoms with Gasteiger partial charge in [0.25, 0.3) is 0 Å². The maximum Gasteiger partial charge on any atom is 0.335 e. The summed E-state index contributed by atoms with van der Waals surface area (Å²) in [5.41, 5.74) is 0.921. The first kappa shape index (κ1) is 7.15. The van der Waals surface area contributed by atoms with E-state index in [1.807, 2.05) is 18.2 Å². The molecule has 4 heteroatoms. The highest BCUT2D eigenvalue weighted by atomic mass is 32.2. The molecule has 0 radical (unpaired) electrons. The molecule has 0 saturated carbocycles. The van der Waals surface area contributed by atoms with Crippen molar-refractivity contribution >= 4 is 20.8 Å². The summed E-state index contributed by atoms with van der Waals surface area (Å²) in [4.78, 5) is 0.327. The van der Waals surface area contributed by atoms with Gasteiger partial charge in [0.2, 0.25) is 0 Å². The van der Waals surface area contributed by atoms with E-state index in [-0.39, 0.29) is 0 Å². The summed E-state index contributed by atoms with van der Waals surface area (Å²) in [7, 11) is -3.46. The van der Waals surface area contributed by atoms with Crippen LogP contribution in [-0.2, 0) is 14.3 Å². The van der Waals surface area contributed by atoms with E-state index in [9.17, 15) is 8.42 Å². The van der Waals surface area contributed by atoms with Gasteiger partial charge in [0.15, 0.2) is 5.76 Å². The van der Waals surface area contributed by atoms with Crippen LogP contribution in [-0.4, -0.2) is 8.42 Å². The van der Waals surface area contributed by atoms with E-state index in [1.54, 1.807) is 6.92 Å². The fourth-order valence-corrected chi connectivity index (χ4v) is 2.77. The Kier molecular flexibility index (Phi) is 0.987. The standard InChI is InChI=1S/C9H6O3S/c1-5-8-6-3-2-4-7(8)9(6)12-13(5,10)11/h2-4H,1H3. The third-order valence-corrected chi connectivity index (χ3v) is 3.81. The van der Waals surface area contributed by atoms with E-state index >= 15 is 0 Å². The van der Waals surface area contributed by atoms with Crippen LogP contribution in [0.4, 0.5) is 0 Å². The van der Waals surface area contributed by atoms with Crippen molar-refractivity contribution in [3.63, 3.8) is 0 Å². The lowest BCUT2D eigenvalue weighted by Gasteiger charge is -2.25. The average molecular weight is 194 g/mol. The van der Waals surface area contributed by atoms with Gasteiger partial charge in [-0.15, -0.1) is 0 Å². The summed E-state index contributed by atoms with van der Waals surface area (Å²) in [6.45, 7) is 1.58. The molecule has 0 amide bonds. The Morgan fingerprint density at radius 1 is 1.31 bits per heavy atom.